The minimum Gasteiger partial charge on any atom is -0.484 e. The number of ether oxygens (including phenoxy) is 1. The molecule has 1 N–H and O–H groups in total. The van der Waals surface area contributed by atoms with Gasteiger partial charge in [0.2, 0.25) is 0 Å². The van der Waals surface area contributed by atoms with Crippen molar-refractivity contribution in [3.8, 4) is 5.75 Å². The summed E-state index contributed by atoms with van der Waals surface area (Å²) in [5, 5.41) is 3.55. The second kappa shape index (κ2) is 7.16. The zero-order valence-electron chi connectivity index (χ0n) is 15.4. The van der Waals surface area contributed by atoms with Crippen molar-refractivity contribution in [1.82, 2.24) is 4.98 Å². The van der Waals surface area contributed by atoms with Crippen molar-refractivity contribution in [2.24, 2.45) is 5.92 Å². The summed E-state index contributed by atoms with van der Waals surface area (Å²) in [6.45, 7) is 8.77. The quantitative estimate of drug-likeness (QED) is 0.870. The maximum Gasteiger partial charge on any atom is 0.264 e. The minimum absolute atomic E-state index is 0.00445. The summed E-state index contributed by atoms with van der Waals surface area (Å²) in [6, 6.07) is 7.92. The Morgan fingerprint density at radius 2 is 2.04 bits per heavy atom. The van der Waals surface area contributed by atoms with Gasteiger partial charge in [-0.3, -0.25) is 10.1 Å². The van der Waals surface area contributed by atoms with E-state index >= 15 is 0 Å². The van der Waals surface area contributed by atoms with E-state index < -0.39 is 0 Å². The van der Waals surface area contributed by atoms with E-state index in [9.17, 15) is 4.79 Å². The van der Waals surface area contributed by atoms with Crippen molar-refractivity contribution in [3.63, 3.8) is 0 Å². The average molecular weight is 359 g/mol. The van der Waals surface area contributed by atoms with Crippen LogP contribution in [0.4, 0.5) is 5.13 Å². The van der Waals surface area contributed by atoms with Gasteiger partial charge >= 0.3 is 0 Å². The number of carbonyl (C=O) groups excluding carboxylic acids is 1. The third-order valence-corrected chi connectivity index (χ3v) is 5.56. The molecule has 1 atom stereocenters. The van der Waals surface area contributed by atoms with E-state index in [0.29, 0.717) is 16.8 Å². The van der Waals surface area contributed by atoms with Crippen molar-refractivity contribution in [3.05, 3.63) is 40.4 Å². The fourth-order valence-electron chi connectivity index (χ4n) is 2.95. The van der Waals surface area contributed by atoms with Crippen LogP contribution in [0.25, 0.3) is 0 Å². The SMILES string of the molecule is C[C@@H]1CCc2nc(NC(=O)COc3ccc(C(C)(C)C)cc3)sc2C1. The fraction of sp³-hybridized carbons (Fsp3) is 0.500. The van der Waals surface area contributed by atoms with Gasteiger partial charge in [0.1, 0.15) is 5.75 Å². The van der Waals surface area contributed by atoms with Gasteiger partial charge in [-0.15, -0.1) is 11.3 Å². The first-order chi connectivity index (χ1) is 11.8. The van der Waals surface area contributed by atoms with E-state index in [4.69, 9.17) is 4.74 Å². The van der Waals surface area contributed by atoms with E-state index in [1.54, 1.807) is 11.3 Å². The molecule has 25 heavy (non-hydrogen) atoms. The summed E-state index contributed by atoms with van der Waals surface area (Å²) in [6.07, 6.45) is 3.26. The van der Waals surface area contributed by atoms with Gasteiger partial charge < -0.3 is 4.74 Å². The number of nitrogens with one attached hydrogen (secondary N) is 1. The number of fused-ring (bicyclic) bond motifs is 1. The molecule has 0 spiro atoms. The van der Waals surface area contributed by atoms with Gasteiger partial charge in [-0.25, -0.2) is 4.98 Å². The molecule has 1 aliphatic carbocycles. The lowest BCUT2D eigenvalue weighted by Crippen LogP contribution is -2.20. The van der Waals surface area contributed by atoms with Crippen molar-refractivity contribution in [1.29, 1.82) is 0 Å². The normalized spacial score (nSPS) is 17.0. The maximum atomic E-state index is 12.1. The van der Waals surface area contributed by atoms with Crippen LogP contribution in [-0.4, -0.2) is 17.5 Å². The molecule has 0 aliphatic heterocycles. The van der Waals surface area contributed by atoms with Crippen molar-refractivity contribution in [2.45, 2.75) is 52.4 Å². The molecule has 1 aromatic heterocycles. The van der Waals surface area contributed by atoms with E-state index in [2.05, 4.69) is 38.0 Å². The van der Waals surface area contributed by atoms with Crippen LogP contribution in [0.3, 0.4) is 0 Å². The molecule has 0 radical (unpaired) electrons. The minimum atomic E-state index is -0.168. The van der Waals surface area contributed by atoms with E-state index in [1.807, 2.05) is 24.3 Å². The van der Waals surface area contributed by atoms with Crippen molar-refractivity contribution in [2.75, 3.05) is 11.9 Å². The van der Waals surface area contributed by atoms with Gasteiger partial charge in [0.05, 0.1) is 5.69 Å². The number of benzene rings is 1. The number of hydrogen-bond acceptors (Lipinski definition) is 4. The number of carbonyl (C=O) groups is 1. The van der Waals surface area contributed by atoms with Crippen LogP contribution in [0.15, 0.2) is 24.3 Å². The Bertz CT molecular complexity index is 744. The van der Waals surface area contributed by atoms with Gasteiger partial charge in [0.25, 0.3) is 5.91 Å². The van der Waals surface area contributed by atoms with E-state index in [-0.39, 0.29) is 17.9 Å². The summed E-state index contributed by atoms with van der Waals surface area (Å²) in [5.41, 5.74) is 2.50. The Hall–Kier alpha value is -1.88. The monoisotopic (exact) mass is 358 g/mol. The molecular formula is C20H26N2O2S. The second-order valence-electron chi connectivity index (χ2n) is 7.85. The van der Waals surface area contributed by atoms with Gasteiger partial charge in [-0.1, -0.05) is 39.8 Å². The Morgan fingerprint density at radius 1 is 1.32 bits per heavy atom. The number of thiazole rings is 1. The summed E-state index contributed by atoms with van der Waals surface area (Å²) >= 11 is 1.60. The summed E-state index contributed by atoms with van der Waals surface area (Å²) in [5.74, 6) is 1.24. The van der Waals surface area contributed by atoms with Crippen molar-refractivity contribution < 1.29 is 9.53 Å². The molecular weight excluding hydrogens is 332 g/mol. The summed E-state index contributed by atoms with van der Waals surface area (Å²) in [4.78, 5) is 18.0. The topological polar surface area (TPSA) is 51.2 Å². The standard InChI is InChI=1S/C20H26N2O2S/c1-13-5-10-16-17(11-13)25-19(21-16)22-18(23)12-24-15-8-6-14(7-9-15)20(2,3)4/h6-9,13H,5,10-12H2,1-4H3,(H,21,22,23)/t13-/m1/s1. The molecule has 0 fully saturated rings. The number of aromatic nitrogens is 1. The van der Waals surface area contributed by atoms with E-state index in [0.717, 1.165) is 18.5 Å². The molecule has 0 bridgehead atoms. The highest BCUT2D eigenvalue weighted by molar-refractivity contribution is 7.15. The number of amides is 1. The molecule has 0 unspecified atom stereocenters. The lowest BCUT2D eigenvalue weighted by molar-refractivity contribution is -0.118. The molecule has 5 heteroatoms. The number of rotatable bonds is 4. The van der Waals surface area contributed by atoms with E-state index in [1.165, 1.54) is 16.9 Å². The molecule has 3 rings (SSSR count). The van der Waals surface area contributed by atoms with Crippen LogP contribution >= 0.6 is 11.3 Å². The van der Waals surface area contributed by atoms with Crippen LogP contribution in [-0.2, 0) is 23.1 Å². The summed E-state index contributed by atoms with van der Waals surface area (Å²) in [7, 11) is 0. The highest BCUT2D eigenvalue weighted by Gasteiger charge is 2.20. The predicted octanol–water partition coefficient (Wildman–Crippen LogP) is 4.58. The van der Waals surface area contributed by atoms with Gasteiger partial charge in [-0.05, 0) is 48.3 Å². The first-order valence-corrected chi connectivity index (χ1v) is 9.64. The highest BCUT2D eigenvalue weighted by Crippen LogP contribution is 2.32. The third-order valence-electron chi connectivity index (χ3n) is 4.52. The molecule has 0 saturated heterocycles. The van der Waals surface area contributed by atoms with Crippen LogP contribution in [0.1, 0.15) is 50.3 Å². The molecule has 1 aliphatic rings. The highest BCUT2D eigenvalue weighted by atomic mass is 32.1. The van der Waals surface area contributed by atoms with Crippen LogP contribution < -0.4 is 10.1 Å². The molecule has 2 aromatic rings. The third kappa shape index (κ3) is 4.60. The first-order valence-electron chi connectivity index (χ1n) is 8.83. The average Bonchev–Trinajstić information content (AvgIpc) is 2.93. The Morgan fingerprint density at radius 3 is 2.72 bits per heavy atom. The molecule has 134 valence electrons. The Labute approximate surface area is 153 Å². The summed E-state index contributed by atoms with van der Waals surface area (Å²) < 4.78 is 5.59. The Kier molecular flexibility index (Phi) is 5.13. The molecule has 1 amide bonds. The first kappa shape index (κ1) is 17.9. The zero-order valence-corrected chi connectivity index (χ0v) is 16.2. The number of nitrogens with zero attached hydrogens (tertiary/aromatic N) is 1. The fourth-order valence-corrected chi connectivity index (χ4v) is 4.14. The molecule has 1 aromatic carbocycles. The molecule has 0 saturated carbocycles. The lowest BCUT2D eigenvalue weighted by Gasteiger charge is -2.19. The second-order valence-corrected chi connectivity index (χ2v) is 8.93. The predicted molar refractivity (Wildman–Crippen MR) is 103 cm³/mol. The molecule has 4 nitrogen and oxygen atoms in total. The number of aryl methyl sites for hydroxylation is 1. The van der Waals surface area contributed by atoms with Crippen molar-refractivity contribution >= 4 is 22.4 Å². The smallest absolute Gasteiger partial charge is 0.264 e. The maximum absolute atomic E-state index is 12.1. The van der Waals surface area contributed by atoms with Gasteiger partial charge in [0, 0.05) is 4.88 Å². The zero-order chi connectivity index (χ0) is 18.0. The largest absolute Gasteiger partial charge is 0.484 e. The Balaban J connectivity index is 1.53. The number of hydrogen-bond donors (Lipinski definition) is 1. The van der Waals surface area contributed by atoms with Crippen LogP contribution in [0, 0.1) is 5.92 Å². The number of anilines is 1. The van der Waals surface area contributed by atoms with Gasteiger partial charge in [0.15, 0.2) is 11.7 Å². The lowest BCUT2D eigenvalue weighted by atomic mass is 9.87. The van der Waals surface area contributed by atoms with Crippen LogP contribution in [0.5, 0.6) is 5.75 Å². The molecule has 1 heterocycles. The van der Waals surface area contributed by atoms with Gasteiger partial charge in [-0.2, -0.15) is 0 Å². The van der Waals surface area contributed by atoms with Crippen LogP contribution in [0.2, 0.25) is 0 Å².